The van der Waals surface area contributed by atoms with Crippen LogP contribution in [0.1, 0.15) is 23.7 Å². The van der Waals surface area contributed by atoms with Crippen molar-refractivity contribution in [2.45, 2.75) is 34.2 Å². The minimum atomic E-state index is 0.579. The maximum absolute atomic E-state index is 5.36. The SMILES string of the molecule is CCn1cc(NC(=S)Nc2ccc(C)cc2C)c(C)n1. The van der Waals surface area contributed by atoms with Crippen molar-refractivity contribution in [1.29, 1.82) is 0 Å². The molecule has 20 heavy (non-hydrogen) atoms. The third kappa shape index (κ3) is 3.36. The zero-order valence-electron chi connectivity index (χ0n) is 12.3. The van der Waals surface area contributed by atoms with Crippen LogP contribution in [0.4, 0.5) is 11.4 Å². The average molecular weight is 288 g/mol. The molecule has 0 aliphatic heterocycles. The van der Waals surface area contributed by atoms with Crippen LogP contribution in [0.2, 0.25) is 0 Å². The molecule has 0 saturated heterocycles. The van der Waals surface area contributed by atoms with Crippen LogP contribution in [-0.4, -0.2) is 14.9 Å². The Morgan fingerprint density at radius 2 is 1.90 bits per heavy atom. The van der Waals surface area contributed by atoms with E-state index in [-0.39, 0.29) is 0 Å². The average Bonchev–Trinajstić information content (AvgIpc) is 2.74. The summed E-state index contributed by atoms with van der Waals surface area (Å²) in [5.74, 6) is 0. The number of anilines is 2. The summed E-state index contributed by atoms with van der Waals surface area (Å²) in [6, 6.07) is 6.24. The molecule has 4 nitrogen and oxygen atoms in total. The number of hydrogen-bond acceptors (Lipinski definition) is 2. The summed E-state index contributed by atoms with van der Waals surface area (Å²) in [5.41, 5.74) is 5.32. The van der Waals surface area contributed by atoms with Gasteiger partial charge in [0.15, 0.2) is 5.11 Å². The second kappa shape index (κ2) is 6.05. The monoisotopic (exact) mass is 288 g/mol. The van der Waals surface area contributed by atoms with Crippen molar-refractivity contribution >= 4 is 28.7 Å². The highest BCUT2D eigenvalue weighted by molar-refractivity contribution is 7.80. The van der Waals surface area contributed by atoms with Gasteiger partial charge in [-0.25, -0.2) is 0 Å². The second-order valence-corrected chi connectivity index (χ2v) is 5.29. The van der Waals surface area contributed by atoms with Gasteiger partial charge in [0.1, 0.15) is 0 Å². The molecule has 0 aliphatic rings. The van der Waals surface area contributed by atoms with Crippen molar-refractivity contribution < 1.29 is 0 Å². The Labute approximate surface area is 125 Å². The Bertz CT molecular complexity index is 631. The van der Waals surface area contributed by atoms with E-state index in [9.17, 15) is 0 Å². The molecule has 1 heterocycles. The summed E-state index contributed by atoms with van der Waals surface area (Å²) < 4.78 is 1.89. The van der Waals surface area contributed by atoms with E-state index in [1.54, 1.807) is 0 Å². The first-order valence-corrected chi connectivity index (χ1v) is 7.09. The maximum Gasteiger partial charge on any atom is 0.175 e. The highest BCUT2D eigenvalue weighted by Gasteiger charge is 2.07. The number of aromatic nitrogens is 2. The Hall–Kier alpha value is -1.88. The molecular formula is C15H20N4S. The Balaban J connectivity index is 2.06. The first-order chi connectivity index (χ1) is 9.49. The summed E-state index contributed by atoms with van der Waals surface area (Å²) in [5, 5.41) is 11.4. The molecule has 5 heteroatoms. The van der Waals surface area contributed by atoms with Gasteiger partial charge in [-0.05, 0) is 51.5 Å². The highest BCUT2D eigenvalue weighted by Crippen LogP contribution is 2.17. The number of aryl methyl sites for hydroxylation is 4. The van der Waals surface area contributed by atoms with Crippen LogP contribution in [0.25, 0.3) is 0 Å². The van der Waals surface area contributed by atoms with Crippen LogP contribution in [-0.2, 0) is 6.54 Å². The van der Waals surface area contributed by atoms with Crippen LogP contribution in [0.3, 0.4) is 0 Å². The van der Waals surface area contributed by atoms with Gasteiger partial charge in [-0.15, -0.1) is 0 Å². The molecule has 0 saturated carbocycles. The van der Waals surface area contributed by atoms with Gasteiger partial charge in [0.05, 0.1) is 11.4 Å². The lowest BCUT2D eigenvalue weighted by molar-refractivity contribution is 0.653. The topological polar surface area (TPSA) is 41.9 Å². The fourth-order valence-electron chi connectivity index (χ4n) is 2.03. The molecule has 0 spiro atoms. The van der Waals surface area contributed by atoms with Gasteiger partial charge >= 0.3 is 0 Å². The molecule has 0 bridgehead atoms. The smallest absolute Gasteiger partial charge is 0.175 e. The van der Waals surface area contributed by atoms with E-state index in [2.05, 4.69) is 48.6 Å². The fraction of sp³-hybridized carbons (Fsp3) is 0.333. The highest BCUT2D eigenvalue weighted by atomic mass is 32.1. The minimum Gasteiger partial charge on any atom is -0.332 e. The molecule has 2 rings (SSSR count). The zero-order valence-corrected chi connectivity index (χ0v) is 13.1. The van der Waals surface area contributed by atoms with Gasteiger partial charge in [-0.1, -0.05) is 17.7 Å². The van der Waals surface area contributed by atoms with Crippen molar-refractivity contribution in [3.63, 3.8) is 0 Å². The molecule has 0 unspecified atom stereocenters. The quantitative estimate of drug-likeness (QED) is 0.846. The van der Waals surface area contributed by atoms with Crippen LogP contribution in [0.15, 0.2) is 24.4 Å². The van der Waals surface area contributed by atoms with Gasteiger partial charge in [-0.2, -0.15) is 5.10 Å². The second-order valence-electron chi connectivity index (χ2n) is 4.88. The third-order valence-corrected chi connectivity index (χ3v) is 3.35. The first-order valence-electron chi connectivity index (χ1n) is 6.69. The molecule has 1 aromatic carbocycles. The predicted octanol–water partition coefficient (Wildman–Crippen LogP) is 3.64. The normalized spacial score (nSPS) is 10.4. The first kappa shape index (κ1) is 14.5. The van der Waals surface area contributed by atoms with Crippen LogP contribution in [0, 0.1) is 20.8 Å². The largest absolute Gasteiger partial charge is 0.332 e. The van der Waals surface area contributed by atoms with Crippen LogP contribution >= 0.6 is 12.2 Å². The summed E-state index contributed by atoms with van der Waals surface area (Å²) in [6.07, 6.45) is 1.96. The summed E-state index contributed by atoms with van der Waals surface area (Å²) in [7, 11) is 0. The lowest BCUT2D eigenvalue weighted by Crippen LogP contribution is -2.19. The molecule has 0 aliphatic carbocycles. The molecule has 0 atom stereocenters. The molecule has 2 aromatic rings. The molecule has 2 N–H and O–H groups in total. The minimum absolute atomic E-state index is 0.579. The van der Waals surface area contributed by atoms with Crippen molar-refractivity contribution in [1.82, 2.24) is 9.78 Å². The number of nitrogens with zero attached hydrogens (tertiary/aromatic N) is 2. The molecule has 0 amide bonds. The Morgan fingerprint density at radius 3 is 2.50 bits per heavy atom. The van der Waals surface area contributed by atoms with E-state index in [4.69, 9.17) is 12.2 Å². The molecule has 1 aromatic heterocycles. The van der Waals surface area contributed by atoms with Gasteiger partial charge < -0.3 is 10.6 Å². The Kier molecular flexibility index (Phi) is 4.39. The zero-order chi connectivity index (χ0) is 14.7. The number of rotatable bonds is 3. The van der Waals surface area contributed by atoms with Crippen molar-refractivity contribution in [2.75, 3.05) is 10.6 Å². The number of benzene rings is 1. The standard InChI is InChI=1S/C15H20N4S/c1-5-19-9-14(12(4)18-19)17-15(20)16-13-7-6-10(2)8-11(13)3/h6-9H,5H2,1-4H3,(H2,16,17,20). The van der Waals surface area contributed by atoms with Gasteiger partial charge in [0.25, 0.3) is 0 Å². The molecule has 0 radical (unpaired) electrons. The van der Waals surface area contributed by atoms with E-state index in [0.29, 0.717) is 5.11 Å². The maximum atomic E-state index is 5.36. The van der Waals surface area contributed by atoms with Gasteiger partial charge in [0.2, 0.25) is 0 Å². The van der Waals surface area contributed by atoms with E-state index in [0.717, 1.165) is 23.6 Å². The van der Waals surface area contributed by atoms with E-state index >= 15 is 0 Å². The van der Waals surface area contributed by atoms with Crippen molar-refractivity contribution in [2.24, 2.45) is 0 Å². The molecular weight excluding hydrogens is 268 g/mol. The fourth-order valence-corrected chi connectivity index (χ4v) is 2.25. The molecule has 106 valence electrons. The van der Waals surface area contributed by atoms with Gasteiger partial charge in [0, 0.05) is 18.4 Å². The number of nitrogens with one attached hydrogen (secondary N) is 2. The lowest BCUT2D eigenvalue weighted by Gasteiger charge is -2.12. The summed E-state index contributed by atoms with van der Waals surface area (Å²) in [4.78, 5) is 0. The summed E-state index contributed by atoms with van der Waals surface area (Å²) in [6.45, 7) is 9.02. The van der Waals surface area contributed by atoms with Crippen LogP contribution < -0.4 is 10.6 Å². The van der Waals surface area contributed by atoms with Gasteiger partial charge in [-0.3, -0.25) is 4.68 Å². The van der Waals surface area contributed by atoms with Crippen LogP contribution in [0.5, 0.6) is 0 Å². The van der Waals surface area contributed by atoms with E-state index < -0.39 is 0 Å². The Morgan fingerprint density at radius 1 is 1.20 bits per heavy atom. The predicted molar refractivity (Wildman–Crippen MR) is 88.4 cm³/mol. The molecule has 0 fully saturated rings. The number of thiocarbonyl (C=S) groups is 1. The van der Waals surface area contributed by atoms with Crippen molar-refractivity contribution in [3.05, 3.63) is 41.2 Å². The lowest BCUT2D eigenvalue weighted by atomic mass is 10.1. The number of hydrogen-bond donors (Lipinski definition) is 2. The van der Waals surface area contributed by atoms with Crippen molar-refractivity contribution in [3.8, 4) is 0 Å². The van der Waals surface area contributed by atoms with E-state index in [1.807, 2.05) is 23.9 Å². The summed E-state index contributed by atoms with van der Waals surface area (Å²) >= 11 is 5.36. The van der Waals surface area contributed by atoms with E-state index in [1.165, 1.54) is 11.1 Å². The third-order valence-electron chi connectivity index (χ3n) is 3.15.